The summed E-state index contributed by atoms with van der Waals surface area (Å²) >= 11 is 0. The lowest BCUT2D eigenvalue weighted by atomic mass is 9.62. The molecule has 1 saturated carbocycles. The van der Waals surface area contributed by atoms with Crippen LogP contribution in [0.1, 0.15) is 37.3 Å². The van der Waals surface area contributed by atoms with Crippen LogP contribution in [-0.2, 0) is 14.9 Å². The third-order valence-corrected chi connectivity index (χ3v) is 5.52. The standard InChI is InChI=1S/C20H20O2/c1-15(21)20-13-12-19(14-18(20)22-20,16-8-4-2-5-9-16)17-10-6-3-7-11-17/h2-11,18H,12-14H2,1H3/t18-,20+/m1/s1. The van der Waals surface area contributed by atoms with Gasteiger partial charge in [-0.1, -0.05) is 60.7 Å². The number of benzene rings is 2. The SMILES string of the molecule is CC(=O)[C@@]12CCC(c3ccccc3)(c3ccccc3)C[C@H]1O2. The number of Topliss-reactive ketones (excluding diaryl/α,β-unsaturated/α-hetero) is 1. The van der Waals surface area contributed by atoms with Crippen LogP contribution in [-0.4, -0.2) is 17.5 Å². The van der Waals surface area contributed by atoms with Crippen LogP contribution in [0.25, 0.3) is 0 Å². The summed E-state index contributed by atoms with van der Waals surface area (Å²) in [6.07, 6.45) is 2.73. The zero-order valence-corrected chi connectivity index (χ0v) is 12.8. The minimum atomic E-state index is -0.479. The second-order valence-corrected chi connectivity index (χ2v) is 6.57. The number of hydrogen-bond donors (Lipinski definition) is 0. The van der Waals surface area contributed by atoms with Crippen LogP contribution in [0.15, 0.2) is 60.7 Å². The number of hydrogen-bond acceptors (Lipinski definition) is 2. The fourth-order valence-corrected chi connectivity index (χ4v) is 4.16. The first-order valence-corrected chi connectivity index (χ1v) is 7.97. The number of fused-ring (bicyclic) bond motifs is 1. The Balaban J connectivity index is 1.78. The summed E-state index contributed by atoms with van der Waals surface area (Å²) in [7, 11) is 0. The van der Waals surface area contributed by atoms with E-state index >= 15 is 0 Å². The van der Waals surface area contributed by atoms with E-state index in [0.29, 0.717) is 0 Å². The largest absolute Gasteiger partial charge is 0.358 e. The number of carbonyl (C=O) groups is 1. The molecule has 112 valence electrons. The normalized spacial score (nSPS) is 28.7. The van der Waals surface area contributed by atoms with Crippen molar-refractivity contribution in [1.82, 2.24) is 0 Å². The van der Waals surface area contributed by atoms with Gasteiger partial charge in [0.15, 0.2) is 11.4 Å². The Morgan fingerprint density at radius 2 is 1.50 bits per heavy atom. The van der Waals surface area contributed by atoms with Crippen LogP contribution < -0.4 is 0 Å². The highest BCUT2D eigenvalue weighted by atomic mass is 16.6. The van der Waals surface area contributed by atoms with E-state index in [1.54, 1.807) is 6.92 Å². The van der Waals surface area contributed by atoms with Gasteiger partial charge < -0.3 is 4.74 Å². The molecule has 2 fully saturated rings. The average Bonchev–Trinajstić information content (AvgIpc) is 3.31. The van der Waals surface area contributed by atoms with Crippen molar-refractivity contribution < 1.29 is 9.53 Å². The zero-order valence-electron chi connectivity index (χ0n) is 12.8. The maximum Gasteiger partial charge on any atom is 0.164 e. The molecular weight excluding hydrogens is 272 g/mol. The van der Waals surface area contributed by atoms with Crippen LogP contribution in [0.4, 0.5) is 0 Å². The lowest BCUT2D eigenvalue weighted by Gasteiger charge is -2.38. The summed E-state index contributed by atoms with van der Waals surface area (Å²) in [6.45, 7) is 1.66. The van der Waals surface area contributed by atoms with E-state index in [1.807, 2.05) is 0 Å². The van der Waals surface area contributed by atoms with E-state index in [0.717, 1.165) is 19.3 Å². The Hall–Kier alpha value is -1.93. The molecule has 2 atom stereocenters. The quantitative estimate of drug-likeness (QED) is 0.803. The molecule has 0 unspecified atom stereocenters. The molecule has 1 saturated heterocycles. The molecule has 0 aromatic heterocycles. The van der Waals surface area contributed by atoms with Crippen LogP contribution in [0, 0.1) is 0 Å². The highest BCUT2D eigenvalue weighted by Crippen LogP contribution is 2.57. The van der Waals surface area contributed by atoms with Gasteiger partial charge >= 0.3 is 0 Å². The molecule has 22 heavy (non-hydrogen) atoms. The lowest BCUT2D eigenvalue weighted by Crippen LogP contribution is -2.40. The van der Waals surface area contributed by atoms with E-state index in [9.17, 15) is 4.79 Å². The zero-order chi connectivity index (χ0) is 15.2. The third kappa shape index (κ3) is 1.87. The van der Waals surface area contributed by atoms with Crippen LogP contribution in [0.2, 0.25) is 0 Å². The predicted octanol–water partition coefficient (Wildman–Crippen LogP) is 3.88. The van der Waals surface area contributed by atoms with Gasteiger partial charge in [-0.3, -0.25) is 4.79 Å². The van der Waals surface area contributed by atoms with Crippen LogP contribution in [0.5, 0.6) is 0 Å². The number of ether oxygens (including phenoxy) is 1. The van der Waals surface area contributed by atoms with Crippen LogP contribution in [0.3, 0.4) is 0 Å². The predicted molar refractivity (Wildman–Crippen MR) is 85.8 cm³/mol. The molecule has 1 aliphatic heterocycles. The van der Waals surface area contributed by atoms with Gasteiger partial charge in [-0.15, -0.1) is 0 Å². The van der Waals surface area contributed by atoms with E-state index in [2.05, 4.69) is 60.7 Å². The van der Waals surface area contributed by atoms with Crippen molar-refractivity contribution in [2.75, 3.05) is 0 Å². The minimum Gasteiger partial charge on any atom is -0.358 e. The fourth-order valence-electron chi connectivity index (χ4n) is 4.16. The molecule has 0 N–H and O–H groups in total. The molecule has 0 radical (unpaired) electrons. The first-order valence-electron chi connectivity index (χ1n) is 7.97. The van der Waals surface area contributed by atoms with Gasteiger partial charge in [0.05, 0.1) is 6.10 Å². The van der Waals surface area contributed by atoms with E-state index in [-0.39, 0.29) is 17.3 Å². The highest BCUT2D eigenvalue weighted by molar-refractivity contribution is 5.88. The van der Waals surface area contributed by atoms with Crippen molar-refractivity contribution in [3.05, 3.63) is 71.8 Å². The Morgan fingerprint density at radius 3 is 1.95 bits per heavy atom. The first-order chi connectivity index (χ1) is 10.7. The summed E-state index contributed by atoms with van der Waals surface area (Å²) in [6, 6.07) is 21.3. The topological polar surface area (TPSA) is 29.6 Å². The monoisotopic (exact) mass is 292 g/mol. The van der Waals surface area contributed by atoms with Crippen molar-refractivity contribution in [2.45, 2.75) is 43.3 Å². The molecular formula is C20H20O2. The Bertz CT molecular complexity index is 653. The van der Waals surface area contributed by atoms with Crippen molar-refractivity contribution in [1.29, 1.82) is 0 Å². The summed E-state index contributed by atoms with van der Waals surface area (Å²) < 4.78 is 5.88. The number of rotatable bonds is 3. The molecule has 2 aliphatic rings. The van der Waals surface area contributed by atoms with Gasteiger partial charge in [0.2, 0.25) is 0 Å². The summed E-state index contributed by atoms with van der Waals surface area (Å²) in [4.78, 5) is 11.9. The molecule has 2 nitrogen and oxygen atoms in total. The highest BCUT2D eigenvalue weighted by Gasteiger charge is 2.65. The van der Waals surface area contributed by atoms with Gasteiger partial charge in [-0.2, -0.15) is 0 Å². The molecule has 0 spiro atoms. The second-order valence-electron chi connectivity index (χ2n) is 6.57. The second kappa shape index (κ2) is 4.79. The maximum atomic E-state index is 11.9. The molecule has 1 heterocycles. The Labute approximate surface area is 131 Å². The summed E-state index contributed by atoms with van der Waals surface area (Å²) in [5.74, 6) is 0.187. The van der Waals surface area contributed by atoms with Gasteiger partial charge in [0, 0.05) is 5.41 Å². The molecule has 0 amide bonds. The number of carbonyl (C=O) groups excluding carboxylic acids is 1. The van der Waals surface area contributed by atoms with Crippen molar-refractivity contribution in [2.24, 2.45) is 0 Å². The number of ketones is 1. The van der Waals surface area contributed by atoms with Gasteiger partial charge in [-0.25, -0.2) is 0 Å². The number of epoxide rings is 1. The Morgan fingerprint density at radius 1 is 0.955 bits per heavy atom. The van der Waals surface area contributed by atoms with Gasteiger partial charge in [-0.05, 0) is 37.3 Å². The maximum absolute atomic E-state index is 11.9. The van der Waals surface area contributed by atoms with E-state index < -0.39 is 5.60 Å². The summed E-state index contributed by atoms with van der Waals surface area (Å²) in [5.41, 5.74) is 2.14. The molecule has 1 aliphatic carbocycles. The lowest BCUT2D eigenvalue weighted by molar-refractivity contribution is -0.122. The fraction of sp³-hybridized carbons (Fsp3) is 0.350. The first kappa shape index (κ1) is 13.7. The average molecular weight is 292 g/mol. The molecule has 2 heteroatoms. The van der Waals surface area contributed by atoms with Crippen LogP contribution >= 0.6 is 0 Å². The van der Waals surface area contributed by atoms with Crippen molar-refractivity contribution >= 4 is 5.78 Å². The summed E-state index contributed by atoms with van der Waals surface area (Å²) in [5, 5.41) is 0. The van der Waals surface area contributed by atoms with E-state index in [4.69, 9.17) is 4.74 Å². The molecule has 2 aromatic rings. The molecule has 2 aromatic carbocycles. The van der Waals surface area contributed by atoms with Gasteiger partial charge in [0.1, 0.15) is 0 Å². The third-order valence-electron chi connectivity index (χ3n) is 5.52. The van der Waals surface area contributed by atoms with Crippen molar-refractivity contribution in [3.63, 3.8) is 0 Å². The van der Waals surface area contributed by atoms with E-state index in [1.165, 1.54) is 11.1 Å². The van der Waals surface area contributed by atoms with Gasteiger partial charge in [0.25, 0.3) is 0 Å². The van der Waals surface area contributed by atoms with Crippen molar-refractivity contribution in [3.8, 4) is 0 Å². The minimum absolute atomic E-state index is 0.0391. The Kier molecular flexibility index (Phi) is 2.98. The molecule has 0 bridgehead atoms. The molecule has 4 rings (SSSR count). The smallest absolute Gasteiger partial charge is 0.164 e.